The molecule has 0 amide bonds. The average Bonchev–Trinajstić information content (AvgIpc) is 2.66. The Hall–Kier alpha value is 2.27. The van der Waals surface area contributed by atoms with Crippen LogP contribution in [0, 0.1) is 0 Å². The molecule has 160 valence electrons. The van der Waals surface area contributed by atoms with Gasteiger partial charge in [0.15, 0.2) is 0 Å². The van der Waals surface area contributed by atoms with E-state index in [9.17, 15) is 0 Å². The summed E-state index contributed by atoms with van der Waals surface area (Å²) in [5, 5.41) is 0. The number of unbranched alkanes of at least 4 members (excludes halogenated alkanes) is 18. The minimum atomic E-state index is 0. The predicted octanol–water partition coefficient (Wildman–Crippen LogP) is 8.53. The van der Waals surface area contributed by atoms with Crippen molar-refractivity contribution in [2.75, 3.05) is 11.5 Å². The van der Waals surface area contributed by atoms with Gasteiger partial charge in [0.25, 0.3) is 0 Å². The molecule has 0 heterocycles. The van der Waals surface area contributed by atoms with Crippen LogP contribution >= 0.6 is 0 Å². The van der Waals surface area contributed by atoms with Crippen molar-refractivity contribution in [2.24, 2.45) is 0 Å². The Balaban J connectivity index is -0.000000411. The first kappa shape index (κ1) is 33.9. The fraction of sp³-hybridized carbons (Fsp3) is 1.00. The van der Waals surface area contributed by atoms with Crippen molar-refractivity contribution in [1.29, 1.82) is 0 Å². The maximum Gasteiger partial charge on any atom is 2.00 e. The molecule has 0 aromatic heterocycles. The minimum Gasteiger partial charge on any atom is -0.793 e. The maximum atomic E-state index is 4.90. The molecule has 0 N–H and O–H groups in total. The summed E-state index contributed by atoms with van der Waals surface area (Å²) in [7, 11) is 0. The molecule has 0 spiro atoms. The van der Waals surface area contributed by atoms with Crippen LogP contribution in [0.1, 0.15) is 142 Å². The van der Waals surface area contributed by atoms with Gasteiger partial charge in [-0.2, -0.15) is 11.5 Å². The summed E-state index contributed by atoms with van der Waals surface area (Å²) in [6, 6.07) is 0. The van der Waals surface area contributed by atoms with Crippen molar-refractivity contribution in [3.8, 4) is 0 Å². The maximum absolute atomic E-state index is 4.90. The van der Waals surface area contributed by atoms with Crippen LogP contribution in [0.2, 0.25) is 0 Å². The van der Waals surface area contributed by atoms with E-state index in [0.29, 0.717) is 0 Å². The first-order valence-electron chi connectivity index (χ1n) is 12.0. The van der Waals surface area contributed by atoms with Gasteiger partial charge in [0.1, 0.15) is 0 Å². The molecule has 0 fully saturated rings. The molecule has 0 saturated carbocycles. The summed E-state index contributed by atoms with van der Waals surface area (Å²) in [4.78, 5) is 0. The zero-order valence-corrected chi connectivity index (χ0v) is 25.2. The summed E-state index contributed by atoms with van der Waals surface area (Å²) >= 11 is 9.80. The van der Waals surface area contributed by atoms with E-state index in [1.54, 1.807) is 0 Å². The van der Waals surface area contributed by atoms with Gasteiger partial charge >= 0.3 is 48.9 Å². The van der Waals surface area contributed by atoms with Crippen molar-refractivity contribution in [3.63, 3.8) is 0 Å². The fourth-order valence-electron chi connectivity index (χ4n) is 3.18. The summed E-state index contributed by atoms with van der Waals surface area (Å²) < 4.78 is 0. The molecule has 0 aliphatic heterocycles. The second-order valence-electron chi connectivity index (χ2n) is 7.77. The first-order valence-corrected chi connectivity index (χ1v) is 13.1. The normalized spacial score (nSPS) is 10.2. The molecular weight excluding hydrogens is 490 g/mol. The SMILES string of the molecule is CCCCCCCCCCCC[S-].CCCCCCCCCCCC[S-].[Ba+2]. The van der Waals surface area contributed by atoms with Gasteiger partial charge in [0.2, 0.25) is 0 Å². The van der Waals surface area contributed by atoms with Crippen molar-refractivity contribution in [3.05, 3.63) is 0 Å². The van der Waals surface area contributed by atoms with E-state index in [2.05, 4.69) is 13.8 Å². The van der Waals surface area contributed by atoms with Crippen molar-refractivity contribution in [2.45, 2.75) is 142 Å². The number of hydrogen-bond donors (Lipinski definition) is 0. The van der Waals surface area contributed by atoms with Gasteiger partial charge in [-0.15, -0.1) is 0 Å². The molecule has 0 atom stereocenters. The molecule has 0 radical (unpaired) electrons. The second kappa shape index (κ2) is 35.7. The Kier molecular flexibility index (Phi) is 44.8. The molecule has 3 heteroatoms. The molecule has 27 heavy (non-hydrogen) atoms. The molecule has 0 aromatic rings. The predicted molar refractivity (Wildman–Crippen MR) is 134 cm³/mol. The minimum absolute atomic E-state index is 0. The van der Waals surface area contributed by atoms with E-state index in [-0.39, 0.29) is 48.9 Å². The zero-order chi connectivity index (χ0) is 19.6. The van der Waals surface area contributed by atoms with Gasteiger partial charge in [-0.3, -0.25) is 0 Å². The first-order chi connectivity index (χ1) is 12.8. The number of rotatable bonds is 20. The largest absolute Gasteiger partial charge is 2.00 e. The van der Waals surface area contributed by atoms with E-state index in [1.165, 1.54) is 128 Å². The van der Waals surface area contributed by atoms with E-state index in [0.717, 1.165) is 11.5 Å². The average molecular weight is 540 g/mol. The van der Waals surface area contributed by atoms with Crippen LogP contribution < -0.4 is 0 Å². The third-order valence-electron chi connectivity index (χ3n) is 5.00. The summed E-state index contributed by atoms with van der Waals surface area (Å²) in [5.41, 5.74) is 0. The molecule has 0 aliphatic carbocycles. The standard InChI is InChI=1S/2C12H26S.Ba/c2*1-2-3-4-5-6-7-8-9-10-11-12-13;/h2*13H,2-12H2,1H3;/q;;+2/p-2. The van der Waals surface area contributed by atoms with E-state index < -0.39 is 0 Å². The topological polar surface area (TPSA) is 0 Å². The van der Waals surface area contributed by atoms with Gasteiger partial charge in [0, 0.05) is 0 Å². The van der Waals surface area contributed by atoms with Crippen LogP contribution in [-0.4, -0.2) is 60.4 Å². The van der Waals surface area contributed by atoms with Crippen LogP contribution in [0.5, 0.6) is 0 Å². The third-order valence-corrected chi connectivity index (χ3v) is 5.57. The van der Waals surface area contributed by atoms with Crippen LogP contribution in [0.25, 0.3) is 0 Å². The Bertz CT molecular complexity index is 171. The van der Waals surface area contributed by atoms with E-state index >= 15 is 0 Å². The Morgan fingerprint density at radius 1 is 0.333 bits per heavy atom. The van der Waals surface area contributed by atoms with Crippen molar-refractivity contribution < 1.29 is 0 Å². The summed E-state index contributed by atoms with van der Waals surface area (Å²) in [6.45, 7) is 4.55. The monoisotopic (exact) mass is 540 g/mol. The Morgan fingerprint density at radius 3 is 0.704 bits per heavy atom. The van der Waals surface area contributed by atoms with Crippen molar-refractivity contribution >= 4 is 74.1 Å². The van der Waals surface area contributed by atoms with Crippen LogP contribution in [0.3, 0.4) is 0 Å². The molecule has 0 aromatic carbocycles. The molecule has 0 rings (SSSR count). The Labute approximate surface area is 225 Å². The molecular formula is C24H50BaS2. The van der Waals surface area contributed by atoms with Gasteiger partial charge in [-0.1, -0.05) is 142 Å². The summed E-state index contributed by atoms with van der Waals surface area (Å²) in [5.74, 6) is 1.91. The molecule has 0 nitrogen and oxygen atoms in total. The fourth-order valence-corrected chi connectivity index (χ4v) is 3.59. The van der Waals surface area contributed by atoms with Crippen LogP contribution in [0.15, 0.2) is 0 Å². The smallest absolute Gasteiger partial charge is 0.793 e. The quantitative estimate of drug-likeness (QED) is 0.0863. The van der Waals surface area contributed by atoms with Crippen LogP contribution in [0.4, 0.5) is 0 Å². The molecule has 0 bridgehead atoms. The third kappa shape index (κ3) is 39.3. The van der Waals surface area contributed by atoms with E-state index in [4.69, 9.17) is 25.3 Å². The molecule has 0 aliphatic rings. The second-order valence-corrected chi connectivity index (χ2v) is 8.59. The van der Waals surface area contributed by atoms with Crippen molar-refractivity contribution in [1.82, 2.24) is 0 Å². The molecule has 0 saturated heterocycles. The van der Waals surface area contributed by atoms with E-state index in [1.807, 2.05) is 0 Å². The van der Waals surface area contributed by atoms with Crippen LogP contribution in [-0.2, 0) is 25.3 Å². The van der Waals surface area contributed by atoms with Gasteiger partial charge < -0.3 is 25.3 Å². The van der Waals surface area contributed by atoms with Gasteiger partial charge in [0.05, 0.1) is 0 Å². The van der Waals surface area contributed by atoms with Gasteiger partial charge in [-0.25, -0.2) is 0 Å². The Morgan fingerprint density at radius 2 is 0.519 bits per heavy atom. The zero-order valence-electron chi connectivity index (χ0n) is 19.1. The summed E-state index contributed by atoms with van der Waals surface area (Å²) in [6.07, 6.45) is 28.1. The molecule has 0 unspecified atom stereocenters. The van der Waals surface area contributed by atoms with Gasteiger partial charge in [-0.05, 0) is 0 Å². The number of hydrogen-bond acceptors (Lipinski definition) is 2.